The van der Waals surface area contributed by atoms with Crippen LogP contribution in [-0.2, 0) is 49.5 Å². The number of ether oxygens (including phenoxy) is 2. The van der Waals surface area contributed by atoms with Gasteiger partial charge in [0.15, 0.2) is 0 Å². The Balaban J connectivity index is 1.18. The number of hydrogen-bond donors (Lipinski definition) is 0. The van der Waals surface area contributed by atoms with Gasteiger partial charge in [-0.25, -0.2) is 4.68 Å². The minimum absolute atomic E-state index is 0.00679. The van der Waals surface area contributed by atoms with Crippen LogP contribution in [-0.4, -0.2) is 30.0 Å². The molecule has 8 heteroatoms. The summed E-state index contributed by atoms with van der Waals surface area (Å²) in [4.78, 5) is 0. The molecule has 0 N–H and O–H groups in total. The summed E-state index contributed by atoms with van der Waals surface area (Å²) in [5.74, 6) is 1.82. The molecule has 0 radical (unpaired) electrons. The van der Waals surface area contributed by atoms with Crippen molar-refractivity contribution >= 4 is 0 Å². The lowest BCUT2D eigenvalue weighted by Gasteiger charge is -2.31. The van der Waals surface area contributed by atoms with E-state index in [0.29, 0.717) is 19.8 Å². The third-order valence-corrected chi connectivity index (χ3v) is 12.2. The smallest absolute Gasteiger partial charge is 0.134 e. The maximum absolute atomic E-state index is 6.62. The van der Waals surface area contributed by atoms with Gasteiger partial charge in [-0.2, -0.15) is 0 Å². The first-order valence-electron chi connectivity index (χ1n) is 18.4. The van der Waals surface area contributed by atoms with Gasteiger partial charge < -0.3 is 9.47 Å². The third-order valence-electron chi connectivity index (χ3n) is 12.2. The molecule has 7 rings (SSSR count). The molecule has 0 aliphatic heterocycles. The van der Waals surface area contributed by atoms with Crippen molar-refractivity contribution in [3.05, 3.63) is 115 Å². The van der Waals surface area contributed by atoms with Gasteiger partial charge in [0, 0.05) is 12.5 Å². The Morgan fingerprint density at radius 3 is 1.57 bits per heavy atom. The summed E-state index contributed by atoms with van der Waals surface area (Å²) in [6.45, 7) is 26.5. The lowest BCUT2D eigenvalue weighted by molar-refractivity contribution is 0.296. The molecule has 2 aromatic heterocycles. The molecule has 8 nitrogen and oxygen atoms in total. The number of hydrogen-bond acceptors (Lipinski definition) is 6. The monoisotopic (exact) mass is 686 g/mol. The van der Waals surface area contributed by atoms with E-state index in [2.05, 4.69) is 121 Å². The van der Waals surface area contributed by atoms with Crippen LogP contribution >= 0.6 is 0 Å². The Bertz CT molecular complexity index is 2140. The summed E-state index contributed by atoms with van der Waals surface area (Å²) in [7, 11) is 1.88. The van der Waals surface area contributed by atoms with Gasteiger partial charge in [-0.15, -0.1) is 10.2 Å². The minimum Gasteiger partial charge on any atom is -0.487 e. The number of rotatable bonds is 9. The molecule has 268 valence electrons. The molecule has 2 heterocycles. The fourth-order valence-corrected chi connectivity index (χ4v) is 9.53. The van der Waals surface area contributed by atoms with Crippen molar-refractivity contribution in [1.82, 2.24) is 30.0 Å². The molecular formula is C43H54N6O2. The van der Waals surface area contributed by atoms with Crippen LogP contribution in [0.5, 0.6) is 11.5 Å². The van der Waals surface area contributed by atoms with Crippen molar-refractivity contribution in [3.63, 3.8) is 0 Å². The van der Waals surface area contributed by atoms with Gasteiger partial charge in [0.25, 0.3) is 0 Å². The first kappa shape index (κ1) is 35.0. The van der Waals surface area contributed by atoms with E-state index in [9.17, 15) is 0 Å². The van der Waals surface area contributed by atoms with Crippen LogP contribution < -0.4 is 9.47 Å². The van der Waals surface area contributed by atoms with E-state index in [1.165, 1.54) is 55.6 Å². The van der Waals surface area contributed by atoms with Crippen molar-refractivity contribution in [1.29, 1.82) is 0 Å². The molecule has 0 saturated heterocycles. The summed E-state index contributed by atoms with van der Waals surface area (Å²) in [5, 5.41) is 17.4. The largest absolute Gasteiger partial charge is 0.487 e. The zero-order valence-electron chi connectivity index (χ0n) is 32.7. The SMILES string of the molecule is CCc1c(C)c(C)c(Cn2cc(COc3cc4c(cc3C)C(C)(C)CC43CC(C)(C)c4cc(C)c(OCc5cn(C)nn5)cc43)nn2)c(C)c1C. The molecule has 0 bridgehead atoms. The van der Waals surface area contributed by atoms with Gasteiger partial charge in [0.1, 0.15) is 36.1 Å². The topological polar surface area (TPSA) is 79.9 Å². The summed E-state index contributed by atoms with van der Waals surface area (Å²) in [6.07, 6.45) is 7.06. The average Bonchev–Trinajstić information content (AvgIpc) is 3.80. The van der Waals surface area contributed by atoms with Crippen LogP contribution in [0.2, 0.25) is 0 Å². The second-order valence-electron chi connectivity index (χ2n) is 16.7. The predicted octanol–water partition coefficient (Wildman–Crippen LogP) is 8.67. The molecule has 2 aliphatic rings. The van der Waals surface area contributed by atoms with E-state index < -0.39 is 0 Å². The summed E-state index contributed by atoms with van der Waals surface area (Å²) >= 11 is 0. The lowest BCUT2D eigenvalue weighted by Crippen LogP contribution is -2.27. The molecule has 0 fully saturated rings. The maximum atomic E-state index is 6.62. The minimum atomic E-state index is -0.149. The fourth-order valence-electron chi connectivity index (χ4n) is 9.53. The summed E-state index contributed by atoms with van der Waals surface area (Å²) in [6, 6.07) is 9.39. The van der Waals surface area contributed by atoms with Crippen molar-refractivity contribution in [3.8, 4) is 11.5 Å². The molecule has 51 heavy (non-hydrogen) atoms. The van der Waals surface area contributed by atoms with E-state index in [-0.39, 0.29) is 16.2 Å². The number of nitrogens with zero attached hydrogens (tertiary/aromatic N) is 6. The van der Waals surface area contributed by atoms with E-state index in [1.807, 2.05) is 24.1 Å². The van der Waals surface area contributed by atoms with E-state index in [4.69, 9.17) is 9.47 Å². The average molecular weight is 687 g/mol. The zero-order valence-corrected chi connectivity index (χ0v) is 32.7. The number of benzene rings is 3. The molecule has 0 amide bonds. The Labute approximate surface area is 303 Å². The molecule has 2 aliphatic carbocycles. The van der Waals surface area contributed by atoms with Crippen LogP contribution in [0, 0.1) is 41.5 Å². The van der Waals surface area contributed by atoms with Gasteiger partial charge in [-0.1, -0.05) is 57.2 Å². The summed E-state index contributed by atoms with van der Waals surface area (Å²) in [5.41, 5.74) is 17.7. The number of aromatic nitrogens is 6. The Morgan fingerprint density at radius 2 is 1.10 bits per heavy atom. The second-order valence-corrected chi connectivity index (χ2v) is 16.7. The van der Waals surface area contributed by atoms with Crippen molar-refractivity contribution < 1.29 is 9.47 Å². The van der Waals surface area contributed by atoms with E-state index in [1.54, 1.807) is 4.68 Å². The van der Waals surface area contributed by atoms with E-state index >= 15 is 0 Å². The molecule has 1 atom stereocenters. The standard InChI is InChI=1S/C43H54N6O2/c1-13-33-27(4)29(6)34(30(7)28(33)5)20-49-19-32(45-47-49)22-51-40-17-38-36(15-26(40)3)42(10,11)24-43(38)23-41(8,9)35-14-25(2)39(16-37(35)43)50-21-31-18-48(12)46-44-31/h14-19H,13,20-24H2,1-12H3. The highest BCUT2D eigenvalue weighted by Crippen LogP contribution is 2.64. The highest BCUT2D eigenvalue weighted by molar-refractivity contribution is 5.64. The van der Waals surface area contributed by atoms with Crippen LogP contribution in [0.25, 0.3) is 0 Å². The molecule has 1 spiro atoms. The molecule has 3 aromatic carbocycles. The van der Waals surface area contributed by atoms with Crippen molar-refractivity contribution in [2.24, 2.45) is 7.05 Å². The van der Waals surface area contributed by atoms with Crippen LogP contribution in [0.3, 0.4) is 0 Å². The van der Waals surface area contributed by atoms with Crippen molar-refractivity contribution in [2.45, 2.75) is 131 Å². The Morgan fingerprint density at radius 1 is 0.627 bits per heavy atom. The Hall–Kier alpha value is -4.46. The van der Waals surface area contributed by atoms with Gasteiger partial charge in [-0.05, 0) is 151 Å². The van der Waals surface area contributed by atoms with Crippen molar-refractivity contribution in [2.75, 3.05) is 0 Å². The maximum Gasteiger partial charge on any atom is 0.134 e. The first-order valence-corrected chi connectivity index (χ1v) is 18.4. The molecule has 1 unspecified atom stereocenters. The van der Waals surface area contributed by atoms with Crippen LogP contribution in [0.15, 0.2) is 36.7 Å². The lowest BCUT2D eigenvalue weighted by atomic mass is 9.72. The third kappa shape index (κ3) is 5.84. The summed E-state index contributed by atoms with van der Waals surface area (Å²) < 4.78 is 16.7. The zero-order chi connectivity index (χ0) is 36.6. The molecule has 5 aromatic rings. The van der Waals surface area contributed by atoms with Gasteiger partial charge in [-0.3, -0.25) is 4.68 Å². The highest BCUT2D eigenvalue weighted by Gasteiger charge is 2.56. The normalized spacial score (nSPS) is 18.4. The van der Waals surface area contributed by atoms with Gasteiger partial charge in [0.05, 0.1) is 18.9 Å². The second kappa shape index (κ2) is 12.3. The van der Waals surface area contributed by atoms with Crippen LogP contribution in [0.4, 0.5) is 0 Å². The predicted molar refractivity (Wildman–Crippen MR) is 202 cm³/mol. The van der Waals surface area contributed by atoms with E-state index in [0.717, 1.165) is 53.3 Å². The molecule has 0 saturated carbocycles. The number of fused-ring (bicyclic) bond motifs is 4. The van der Waals surface area contributed by atoms with Gasteiger partial charge in [0.2, 0.25) is 0 Å². The fraction of sp³-hybridized carbons (Fsp3) is 0.488. The highest BCUT2D eigenvalue weighted by atomic mass is 16.5. The van der Waals surface area contributed by atoms with Gasteiger partial charge >= 0.3 is 0 Å². The number of aryl methyl sites for hydroxylation is 3. The first-order chi connectivity index (χ1) is 24.0. The quantitative estimate of drug-likeness (QED) is 0.154. The molecular weight excluding hydrogens is 633 g/mol. The van der Waals surface area contributed by atoms with Crippen LogP contribution in [0.1, 0.15) is 126 Å². The Kier molecular flexibility index (Phi) is 8.46.